The molecule has 0 aliphatic carbocycles. The average Bonchev–Trinajstić information content (AvgIpc) is 2.77. The molecule has 2 rings (SSSR count). The third-order valence-corrected chi connectivity index (χ3v) is 4.83. The van der Waals surface area contributed by atoms with Crippen molar-refractivity contribution >= 4 is 29.4 Å². The van der Waals surface area contributed by atoms with Crippen molar-refractivity contribution in [3.8, 4) is 0 Å². The second kappa shape index (κ2) is 8.30. The number of hydrogen-bond donors (Lipinski definition) is 1. The average molecular weight is 394 g/mol. The Bertz CT molecular complexity index is 725. The lowest BCUT2D eigenvalue weighted by molar-refractivity contribution is -0.139. The van der Waals surface area contributed by atoms with Gasteiger partial charge in [0, 0.05) is 23.7 Å². The van der Waals surface area contributed by atoms with Crippen LogP contribution in [0.5, 0.6) is 0 Å². The van der Waals surface area contributed by atoms with Gasteiger partial charge in [-0.05, 0) is 24.8 Å². The summed E-state index contributed by atoms with van der Waals surface area (Å²) >= 11 is 6.23. The molecule has 1 aliphatic rings. The molecule has 6 nitrogen and oxygen atoms in total. The van der Waals surface area contributed by atoms with Crippen LogP contribution in [0, 0.1) is 11.8 Å². The zero-order chi connectivity index (χ0) is 20.4. The van der Waals surface area contributed by atoms with Crippen molar-refractivity contribution in [3.63, 3.8) is 0 Å². The quantitative estimate of drug-likeness (QED) is 0.723. The van der Waals surface area contributed by atoms with Crippen molar-refractivity contribution in [2.45, 2.75) is 40.2 Å². The summed E-state index contributed by atoms with van der Waals surface area (Å²) in [5.41, 5.74) is -0.766. The number of benzene rings is 1. The van der Waals surface area contributed by atoms with Gasteiger partial charge in [0.25, 0.3) is 5.91 Å². The number of rotatable bonds is 7. The van der Waals surface area contributed by atoms with Crippen molar-refractivity contribution in [1.29, 1.82) is 0 Å². The van der Waals surface area contributed by atoms with Gasteiger partial charge in [-0.1, -0.05) is 57.5 Å². The zero-order valence-corrected chi connectivity index (χ0v) is 17.3. The number of carbonyl (C=O) groups excluding carboxylic acids is 3. The van der Waals surface area contributed by atoms with E-state index in [1.165, 1.54) is 0 Å². The molecule has 148 valence electrons. The van der Waals surface area contributed by atoms with E-state index in [2.05, 4.69) is 5.32 Å². The van der Waals surface area contributed by atoms with Crippen LogP contribution in [-0.2, 0) is 15.1 Å². The van der Waals surface area contributed by atoms with Crippen LogP contribution < -0.4 is 5.32 Å². The van der Waals surface area contributed by atoms with Crippen LogP contribution in [0.25, 0.3) is 0 Å². The number of carbonyl (C=O) groups is 3. The highest BCUT2D eigenvalue weighted by Gasteiger charge is 2.50. The molecule has 7 heteroatoms. The Balaban J connectivity index is 2.21. The molecular formula is C20H28ClN3O3. The van der Waals surface area contributed by atoms with Gasteiger partial charge in [-0.3, -0.25) is 14.5 Å². The maximum Gasteiger partial charge on any atom is 0.325 e. The van der Waals surface area contributed by atoms with E-state index in [1.807, 2.05) is 27.7 Å². The molecule has 27 heavy (non-hydrogen) atoms. The number of amides is 4. The minimum atomic E-state index is -1.28. The summed E-state index contributed by atoms with van der Waals surface area (Å²) in [7, 11) is 0. The van der Waals surface area contributed by atoms with E-state index in [0.29, 0.717) is 35.5 Å². The zero-order valence-electron chi connectivity index (χ0n) is 16.6. The third-order valence-electron chi connectivity index (χ3n) is 4.50. The molecule has 0 bridgehead atoms. The molecule has 4 amide bonds. The summed E-state index contributed by atoms with van der Waals surface area (Å²) in [4.78, 5) is 41.0. The van der Waals surface area contributed by atoms with Crippen LogP contribution in [0.15, 0.2) is 24.3 Å². The van der Waals surface area contributed by atoms with E-state index >= 15 is 0 Å². The lowest BCUT2D eigenvalue weighted by Crippen LogP contribution is -2.46. The van der Waals surface area contributed by atoms with E-state index in [0.717, 1.165) is 4.90 Å². The van der Waals surface area contributed by atoms with Crippen molar-refractivity contribution < 1.29 is 14.4 Å². The predicted molar refractivity (Wildman–Crippen MR) is 105 cm³/mol. The molecule has 0 radical (unpaired) electrons. The molecule has 1 saturated heterocycles. The minimum absolute atomic E-state index is 0.232. The standard InChI is InChI=1S/C20H28ClN3O3/c1-13(2)10-23(11-14(3)4)17(25)12-24-18(26)20(5,22-19(24)27)15-8-6-7-9-16(15)21/h6-9,13-14H,10-12H2,1-5H3,(H,22,27). The summed E-state index contributed by atoms with van der Waals surface area (Å²) in [6.07, 6.45) is 0. The lowest BCUT2D eigenvalue weighted by atomic mass is 9.92. The normalized spacial score (nSPS) is 19.8. The summed E-state index contributed by atoms with van der Waals surface area (Å²) < 4.78 is 0. The van der Waals surface area contributed by atoms with Gasteiger partial charge in [-0.15, -0.1) is 0 Å². The van der Waals surface area contributed by atoms with Crippen molar-refractivity contribution in [2.75, 3.05) is 19.6 Å². The van der Waals surface area contributed by atoms with Crippen molar-refractivity contribution in [2.24, 2.45) is 11.8 Å². The van der Waals surface area contributed by atoms with Gasteiger partial charge in [0.1, 0.15) is 12.1 Å². The number of imide groups is 1. The fourth-order valence-corrected chi connectivity index (χ4v) is 3.61. The van der Waals surface area contributed by atoms with Gasteiger partial charge in [0.15, 0.2) is 0 Å². The first kappa shape index (κ1) is 21.2. The third kappa shape index (κ3) is 4.61. The van der Waals surface area contributed by atoms with Crippen molar-refractivity contribution in [3.05, 3.63) is 34.9 Å². The van der Waals surface area contributed by atoms with Gasteiger partial charge >= 0.3 is 6.03 Å². The number of halogens is 1. The molecule has 1 N–H and O–H groups in total. The Morgan fingerprint density at radius 3 is 2.22 bits per heavy atom. The number of urea groups is 1. The summed E-state index contributed by atoms with van der Waals surface area (Å²) in [6, 6.07) is 6.31. The second-order valence-corrected chi connectivity index (χ2v) is 8.42. The summed E-state index contributed by atoms with van der Waals surface area (Å²) in [5.74, 6) is -0.110. The molecule has 1 aromatic carbocycles. The largest absolute Gasteiger partial charge is 0.341 e. The van der Waals surface area contributed by atoms with Gasteiger partial charge in [0.2, 0.25) is 5.91 Å². The van der Waals surface area contributed by atoms with Gasteiger partial charge < -0.3 is 10.2 Å². The molecule has 0 spiro atoms. The van der Waals surface area contributed by atoms with Crippen LogP contribution in [0.2, 0.25) is 5.02 Å². The second-order valence-electron chi connectivity index (χ2n) is 8.01. The first-order chi connectivity index (χ1) is 12.6. The van der Waals surface area contributed by atoms with Crippen LogP contribution in [0.1, 0.15) is 40.2 Å². The van der Waals surface area contributed by atoms with Crippen molar-refractivity contribution in [1.82, 2.24) is 15.1 Å². The molecule has 1 aliphatic heterocycles. The predicted octanol–water partition coefficient (Wildman–Crippen LogP) is 3.25. The Morgan fingerprint density at radius 1 is 1.15 bits per heavy atom. The molecule has 0 saturated carbocycles. The topological polar surface area (TPSA) is 69.7 Å². The fraction of sp³-hybridized carbons (Fsp3) is 0.550. The van der Waals surface area contributed by atoms with E-state index in [-0.39, 0.29) is 12.5 Å². The maximum absolute atomic E-state index is 13.0. The molecule has 1 unspecified atom stereocenters. The van der Waals surface area contributed by atoms with E-state index in [9.17, 15) is 14.4 Å². The van der Waals surface area contributed by atoms with Gasteiger partial charge in [-0.25, -0.2) is 4.79 Å². The molecule has 1 atom stereocenters. The highest BCUT2D eigenvalue weighted by molar-refractivity contribution is 6.32. The maximum atomic E-state index is 13.0. The fourth-order valence-electron chi connectivity index (χ4n) is 3.28. The molecule has 0 aromatic heterocycles. The molecule has 1 heterocycles. The molecule has 1 fully saturated rings. The smallest absolute Gasteiger partial charge is 0.325 e. The Labute approximate surface area is 165 Å². The van der Waals surface area contributed by atoms with E-state index in [1.54, 1.807) is 36.1 Å². The monoisotopic (exact) mass is 393 g/mol. The highest BCUT2D eigenvalue weighted by atomic mass is 35.5. The Hall–Kier alpha value is -2.08. The number of hydrogen-bond acceptors (Lipinski definition) is 3. The Kier molecular flexibility index (Phi) is 6.52. The SMILES string of the molecule is CC(C)CN(CC(C)C)C(=O)CN1C(=O)NC(C)(c2ccccc2Cl)C1=O. The highest BCUT2D eigenvalue weighted by Crippen LogP contribution is 2.33. The lowest BCUT2D eigenvalue weighted by Gasteiger charge is -2.28. The van der Waals surface area contributed by atoms with Crippen LogP contribution in [0.4, 0.5) is 4.79 Å². The summed E-state index contributed by atoms with van der Waals surface area (Å²) in [5, 5.41) is 3.09. The molecule has 1 aromatic rings. The van der Waals surface area contributed by atoms with E-state index in [4.69, 9.17) is 11.6 Å². The summed E-state index contributed by atoms with van der Waals surface area (Å²) in [6.45, 7) is 10.6. The first-order valence-corrected chi connectivity index (χ1v) is 9.61. The van der Waals surface area contributed by atoms with Crippen LogP contribution in [0.3, 0.4) is 0 Å². The van der Waals surface area contributed by atoms with Gasteiger partial charge in [0.05, 0.1) is 0 Å². The Morgan fingerprint density at radius 2 is 1.70 bits per heavy atom. The van der Waals surface area contributed by atoms with Crippen LogP contribution >= 0.6 is 11.6 Å². The van der Waals surface area contributed by atoms with Gasteiger partial charge in [-0.2, -0.15) is 0 Å². The minimum Gasteiger partial charge on any atom is -0.341 e. The first-order valence-electron chi connectivity index (χ1n) is 9.23. The van der Waals surface area contributed by atoms with Crippen LogP contribution in [-0.4, -0.2) is 47.3 Å². The number of nitrogens with one attached hydrogen (secondary N) is 1. The van der Waals surface area contributed by atoms with E-state index < -0.39 is 17.5 Å². The molecular weight excluding hydrogens is 366 g/mol. The number of nitrogens with zero attached hydrogens (tertiary/aromatic N) is 2.